The number of aromatic hydroxyl groups is 2. The van der Waals surface area contributed by atoms with Gasteiger partial charge in [0.2, 0.25) is 11.8 Å². The van der Waals surface area contributed by atoms with Crippen LogP contribution in [0.4, 0.5) is 10.2 Å². The first-order chi connectivity index (χ1) is 15.6. The van der Waals surface area contributed by atoms with Crippen molar-refractivity contribution in [2.24, 2.45) is 0 Å². The van der Waals surface area contributed by atoms with Crippen LogP contribution in [0.15, 0.2) is 42.5 Å². The molecule has 1 aromatic carbocycles. The number of benzene rings is 1. The lowest BCUT2D eigenvalue weighted by Crippen LogP contribution is -2.58. The smallest absolute Gasteiger partial charge is 0.216 e. The van der Waals surface area contributed by atoms with Gasteiger partial charge in [-0.25, -0.2) is 0 Å². The van der Waals surface area contributed by atoms with Crippen molar-refractivity contribution in [3.8, 4) is 34.0 Å². The highest BCUT2D eigenvalue weighted by Crippen LogP contribution is 2.44. The third kappa shape index (κ3) is 4.11. The third-order valence-electron chi connectivity index (χ3n) is 7.15. The van der Waals surface area contributed by atoms with Crippen LogP contribution >= 0.6 is 0 Å². The highest BCUT2D eigenvalue weighted by molar-refractivity contribution is 5.74. The molecule has 8 heteroatoms. The Hall–Kier alpha value is -3.26. The summed E-state index contributed by atoms with van der Waals surface area (Å²) in [5, 5.41) is 32.8. The second kappa shape index (κ2) is 7.66. The molecule has 3 N–H and O–H groups in total. The first-order valence-corrected chi connectivity index (χ1v) is 11.2. The molecule has 2 saturated heterocycles. The Labute approximate surface area is 192 Å². The molecule has 2 aliphatic heterocycles. The average molecular weight is 450 g/mol. The van der Waals surface area contributed by atoms with Gasteiger partial charge < -0.3 is 20.4 Å². The molecule has 0 spiro atoms. The number of hydrogen-bond acceptors (Lipinski definition) is 7. The second-order valence-electron chi connectivity index (χ2n) is 9.96. The van der Waals surface area contributed by atoms with Gasteiger partial charge in [-0.2, -0.15) is 9.37 Å². The molecule has 2 aliphatic rings. The van der Waals surface area contributed by atoms with Crippen LogP contribution in [-0.2, 0) is 0 Å². The fourth-order valence-corrected chi connectivity index (χ4v) is 5.52. The number of phenols is 1. The summed E-state index contributed by atoms with van der Waals surface area (Å²) in [6.07, 6.45) is 4.52. The van der Waals surface area contributed by atoms with E-state index in [1.807, 2.05) is 12.1 Å². The fourth-order valence-electron chi connectivity index (χ4n) is 5.52. The molecule has 3 atom stereocenters. The molecular formula is C25H28FN5O2. The van der Waals surface area contributed by atoms with E-state index in [-0.39, 0.29) is 16.8 Å². The van der Waals surface area contributed by atoms with E-state index in [4.69, 9.17) is 0 Å². The predicted octanol–water partition coefficient (Wildman–Crippen LogP) is 4.26. The number of rotatable bonds is 4. The lowest BCUT2D eigenvalue weighted by molar-refractivity contribution is 0.207. The van der Waals surface area contributed by atoms with Gasteiger partial charge >= 0.3 is 0 Å². The number of nitrogens with zero attached hydrogens (tertiary/aromatic N) is 4. The molecule has 0 amide bonds. The van der Waals surface area contributed by atoms with Gasteiger partial charge in [-0.05, 0) is 74.9 Å². The molecule has 0 aliphatic carbocycles. The van der Waals surface area contributed by atoms with Crippen molar-refractivity contribution < 1.29 is 14.6 Å². The lowest BCUT2D eigenvalue weighted by Gasteiger charge is -2.45. The monoisotopic (exact) mass is 449 g/mol. The maximum atomic E-state index is 13.5. The molecule has 0 unspecified atom stereocenters. The summed E-state index contributed by atoms with van der Waals surface area (Å²) < 4.78 is 13.5. The highest BCUT2D eigenvalue weighted by Gasteiger charge is 2.49. The fraction of sp³-hybridized carbons (Fsp3) is 0.400. The van der Waals surface area contributed by atoms with Crippen molar-refractivity contribution in [1.29, 1.82) is 0 Å². The summed E-state index contributed by atoms with van der Waals surface area (Å²) in [7, 11) is 2.07. The van der Waals surface area contributed by atoms with Crippen LogP contribution in [0.25, 0.3) is 22.4 Å². The predicted molar refractivity (Wildman–Crippen MR) is 125 cm³/mol. The first kappa shape index (κ1) is 21.6. The van der Waals surface area contributed by atoms with E-state index >= 15 is 0 Å². The molecule has 2 bridgehead atoms. The van der Waals surface area contributed by atoms with Gasteiger partial charge in [0.15, 0.2) is 5.82 Å². The summed E-state index contributed by atoms with van der Waals surface area (Å²) in [6, 6.07) is 11.7. The minimum atomic E-state index is -0.788. The Bertz CT molecular complexity index is 1170. The molecule has 2 aromatic heterocycles. The summed E-state index contributed by atoms with van der Waals surface area (Å²) in [5.41, 5.74) is 2.38. The number of pyridine rings is 1. The maximum absolute atomic E-state index is 13.5. The molecule has 4 heterocycles. The Morgan fingerprint density at radius 1 is 0.970 bits per heavy atom. The van der Waals surface area contributed by atoms with Crippen molar-refractivity contribution in [3.63, 3.8) is 0 Å². The summed E-state index contributed by atoms with van der Waals surface area (Å²) in [5.74, 6) is -0.403. The quantitative estimate of drug-likeness (QED) is 0.513. The summed E-state index contributed by atoms with van der Waals surface area (Å²) >= 11 is 0. The summed E-state index contributed by atoms with van der Waals surface area (Å²) in [6.45, 7) is 4.61. The van der Waals surface area contributed by atoms with E-state index in [1.165, 1.54) is 31.0 Å². The van der Waals surface area contributed by atoms with Gasteiger partial charge in [0.05, 0.1) is 5.69 Å². The van der Waals surface area contributed by atoms with Crippen LogP contribution in [0.5, 0.6) is 11.6 Å². The minimum Gasteiger partial charge on any atom is -0.507 e. The Kier molecular flexibility index (Phi) is 5.01. The van der Waals surface area contributed by atoms with Gasteiger partial charge in [-0.3, -0.25) is 0 Å². The van der Waals surface area contributed by atoms with Crippen molar-refractivity contribution in [3.05, 3.63) is 48.4 Å². The zero-order valence-electron chi connectivity index (χ0n) is 19.0. The van der Waals surface area contributed by atoms with Crippen LogP contribution in [-0.4, -0.2) is 49.6 Å². The Morgan fingerprint density at radius 3 is 2.30 bits per heavy atom. The molecular weight excluding hydrogens is 421 g/mol. The van der Waals surface area contributed by atoms with E-state index in [1.54, 1.807) is 12.1 Å². The second-order valence-corrected chi connectivity index (χ2v) is 9.96. The number of piperidine rings is 1. The highest BCUT2D eigenvalue weighted by atomic mass is 19.1. The number of hydrogen-bond donors (Lipinski definition) is 3. The van der Waals surface area contributed by atoms with E-state index < -0.39 is 11.8 Å². The average Bonchev–Trinajstić information content (AvgIpc) is 2.99. The van der Waals surface area contributed by atoms with E-state index in [0.29, 0.717) is 28.4 Å². The molecule has 0 radical (unpaired) electrons. The largest absolute Gasteiger partial charge is 0.507 e. The molecule has 2 fully saturated rings. The van der Waals surface area contributed by atoms with Crippen molar-refractivity contribution in [2.75, 3.05) is 11.9 Å². The zero-order valence-corrected chi connectivity index (χ0v) is 19.0. The topological polar surface area (TPSA) is 94.4 Å². The van der Waals surface area contributed by atoms with Gasteiger partial charge in [0.1, 0.15) is 5.75 Å². The molecule has 3 aromatic rings. The summed E-state index contributed by atoms with van der Waals surface area (Å²) in [4.78, 5) is 5.54. The number of nitrogens with one attached hydrogen (secondary N) is 1. The van der Waals surface area contributed by atoms with Crippen molar-refractivity contribution in [2.45, 2.75) is 56.7 Å². The third-order valence-corrected chi connectivity index (χ3v) is 7.15. The number of fused-ring (bicyclic) bond motifs is 2. The molecule has 7 nitrogen and oxygen atoms in total. The number of aromatic nitrogens is 3. The van der Waals surface area contributed by atoms with Crippen LogP contribution in [0.3, 0.4) is 0 Å². The van der Waals surface area contributed by atoms with Crippen molar-refractivity contribution >= 4 is 5.82 Å². The molecule has 172 valence electrons. The number of halogens is 1. The van der Waals surface area contributed by atoms with Gasteiger partial charge in [-0.1, -0.05) is 6.07 Å². The minimum absolute atomic E-state index is 0.00426. The lowest BCUT2D eigenvalue weighted by atomic mass is 9.84. The van der Waals surface area contributed by atoms with Gasteiger partial charge in [0, 0.05) is 41.9 Å². The Balaban J connectivity index is 1.36. The SMILES string of the molecule is CN(c1ccc(-c2ccc(-c3cc(O)nc(F)c3)cc2O)nn1)[C@@H]1C[C@]2(C)CC[C@](C)(C1)N2. The van der Waals surface area contributed by atoms with Crippen LogP contribution in [0.2, 0.25) is 0 Å². The maximum Gasteiger partial charge on any atom is 0.216 e. The Morgan fingerprint density at radius 2 is 1.70 bits per heavy atom. The van der Waals surface area contributed by atoms with Crippen molar-refractivity contribution in [1.82, 2.24) is 20.5 Å². The standard InChI is InChI=1S/C25H28FN5O2/c1-24-8-9-25(2,30-24)14-17(13-24)31(3)22-7-6-19(28-29-22)18-5-4-15(10-20(18)32)16-11-21(26)27-23(33)12-16/h4-7,10-12,17,30,32H,8-9,13-14H2,1-3H3,(H,27,33)/t17-,24+,25-. The molecule has 5 rings (SSSR count). The first-order valence-electron chi connectivity index (χ1n) is 11.2. The van der Waals surface area contributed by atoms with Gasteiger partial charge in [0.25, 0.3) is 0 Å². The van der Waals surface area contributed by atoms with E-state index in [9.17, 15) is 14.6 Å². The van der Waals surface area contributed by atoms with E-state index in [0.717, 1.165) is 18.7 Å². The normalized spacial score (nSPS) is 26.4. The number of phenolic OH excluding ortho intramolecular Hbond substituents is 1. The molecule has 33 heavy (non-hydrogen) atoms. The van der Waals surface area contributed by atoms with Crippen LogP contribution < -0.4 is 10.2 Å². The number of anilines is 1. The van der Waals surface area contributed by atoms with Crippen LogP contribution in [0.1, 0.15) is 39.5 Å². The van der Waals surface area contributed by atoms with Crippen LogP contribution in [0, 0.1) is 5.95 Å². The van der Waals surface area contributed by atoms with E-state index in [2.05, 4.69) is 46.3 Å². The molecule has 0 saturated carbocycles. The van der Waals surface area contributed by atoms with Gasteiger partial charge in [-0.15, -0.1) is 10.2 Å². The zero-order chi connectivity index (χ0) is 23.4.